The Hall–Kier alpha value is -1.56. The van der Waals surface area contributed by atoms with E-state index in [9.17, 15) is 9.59 Å². The molecule has 0 fully saturated rings. The third-order valence-electron chi connectivity index (χ3n) is 3.00. The predicted octanol–water partition coefficient (Wildman–Crippen LogP) is 1.34. The fourth-order valence-corrected chi connectivity index (χ4v) is 2.43. The fraction of sp³-hybridized carbons (Fsp3) is 0.333. The van der Waals surface area contributed by atoms with E-state index < -0.39 is 0 Å². The van der Waals surface area contributed by atoms with E-state index in [4.69, 9.17) is 0 Å². The first-order valence-electron chi connectivity index (χ1n) is 5.41. The quantitative estimate of drug-likeness (QED) is 0.798. The van der Waals surface area contributed by atoms with Crippen molar-refractivity contribution in [2.75, 3.05) is 14.1 Å². The van der Waals surface area contributed by atoms with Gasteiger partial charge in [-0.05, 0) is 28.1 Å². The van der Waals surface area contributed by atoms with Crippen molar-refractivity contribution in [1.29, 1.82) is 0 Å². The molecule has 0 spiro atoms. The minimum atomic E-state index is -0.105. The van der Waals surface area contributed by atoms with Crippen LogP contribution in [-0.4, -0.2) is 34.0 Å². The Morgan fingerprint density at radius 1 is 1.17 bits per heavy atom. The number of aromatic nitrogens is 2. The maximum atomic E-state index is 12.0. The van der Waals surface area contributed by atoms with Crippen molar-refractivity contribution in [2.45, 2.75) is 0 Å². The molecule has 0 aliphatic rings. The first-order chi connectivity index (χ1) is 8.34. The Morgan fingerprint density at radius 3 is 2.17 bits per heavy atom. The van der Waals surface area contributed by atoms with Crippen LogP contribution in [0.25, 0.3) is 11.0 Å². The standard InChI is InChI=1S/C12H14BrN3O2/c1-14(2)11(17)7-5-9-10(6-8(7)13)16(4)12(18)15(9)3/h5-6H,1-4H3. The maximum Gasteiger partial charge on any atom is 0.328 e. The molecule has 5 nitrogen and oxygen atoms in total. The van der Waals surface area contributed by atoms with Crippen LogP contribution in [0.5, 0.6) is 0 Å². The molecule has 0 unspecified atom stereocenters. The number of aryl methyl sites for hydroxylation is 2. The number of rotatable bonds is 1. The summed E-state index contributed by atoms with van der Waals surface area (Å²) in [6, 6.07) is 3.54. The van der Waals surface area contributed by atoms with Crippen LogP contribution in [0.4, 0.5) is 0 Å². The van der Waals surface area contributed by atoms with Crippen molar-refractivity contribution in [3.8, 4) is 0 Å². The maximum absolute atomic E-state index is 12.0. The van der Waals surface area contributed by atoms with Gasteiger partial charge in [-0.15, -0.1) is 0 Å². The molecule has 0 atom stereocenters. The van der Waals surface area contributed by atoms with Crippen molar-refractivity contribution >= 4 is 32.9 Å². The predicted molar refractivity (Wildman–Crippen MR) is 73.9 cm³/mol. The topological polar surface area (TPSA) is 47.2 Å². The molecule has 1 amide bonds. The summed E-state index contributed by atoms with van der Waals surface area (Å²) in [6.07, 6.45) is 0. The van der Waals surface area contributed by atoms with Gasteiger partial charge in [0.1, 0.15) is 0 Å². The number of carbonyl (C=O) groups is 1. The van der Waals surface area contributed by atoms with E-state index >= 15 is 0 Å². The van der Waals surface area contributed by atoms with E-state index in [1.54, 1.807) is 44.9 Å². The van der Waals surface area contributed by atoms with Crippen molar-refractivity contribution in [1.82, 2.24) is 14.0 Å². The van der Waals surface area contributed by atoms with Gasteiger partial charge in [-0.3, -0.25) is 13.9 Å². The Morgan fingerprint density at radius 2 is 1.67 bits per heavy atom. The molecule has 0 aliphatic heterocycles. The summed E-state index contributed by atoms with van der Waals surface area (Å²) in [5, 5.41) is 0. The minimum absolute atomic E-state index is 0.0972. The van der Waals surface area contributed by atoms with Gasteiger partial charge in [-0.1, -0.05) is 0 Å². The highest BCUT2D eigenvalue weighted by Crippen LogP contribution is 2.24. The van der Waals surface area contributed by atoms with Gasteiger partial charge in [0.15, 0.2) is 0 Å². The molecule has 0 radical (unpaired) electrons. The van der Waals surface area contributed by atoms with E-state index in [2.05, 4.69) is 15.9 Å². The second-order valence-electron chi connectivity index (χ2n) is 4.42. The number of carbonyl (C=O) groups excluding carboxylic acids is 1. The molecule has 18 heavy (non-hydrogen) atoms. The molecule has 96 valence electrons. The Bertz CT molecular complexity index is 697. The molecule has 6 heteroatoms. The lowest BCUT2D eigenvalue weighted by Gasteiger charge is -2.12. The summed E-state index contributed by atoms with van der Waals surface area (Å²) in [6.45, 7) is 0. The summed E-state index contributed by atoms with van der Waals surface area (Å²) < 4.78 is 3.79. The number of hydrogen-bond acceptors (Lipinski definition) is 2. The van der Waals surface area contributed by atoms with Gasteiger partial charge in [-0.2, -0.15) is 0 Å². The van der Waals surface area contributed by atoms with Crippen LogP contribution in [-0.2, 0) is 14.1 Å². The van der Waals surface area contributed by atoms with Crippen molar-refractivity contribution < 1.29 is 4.79 Å². The van der Waals surface area contributed by atoms with Gasteiger partial charge < -0.3 is 4.90 Å². The largest absolute Gasteiger partial charge is 0.345 e. The van der Waals surface area contributed by atoms with Gasteiger partial charge >= 0.3 is 5.69 Å². The normalized spacial score (nSPS) is 10.9. The van der Waals surface area contributed by atoms with E-state index in [0.29, 0.717) is 10.0 Å². The highest BCUT2D eigenvalue weighted by Gasteiger charge is 2.16. The lowest BCUT2D eigenvalue weighted by molar-refractivity contribution is 0.0827. The molecular weight excluding hydrogens is 298 g/mol. The van der Waals surface area contributed by atoms with Crippen molar-refractivity contribution in [2.24, 2.45) is 14.1 Å². The van der Waals surface area contributed by atoms with E-state index in [0.717, 1.165) is 11.0 Å². The van der Waals surface area contributed by atoms with Crippen LogP contribution >= 0.6 is 15.9 Å². The Balaban J connectivity index is 2.81. The number of amides is 1. The zero-order chi connectivity index (χ0) is 13.6. The third kappa shape index (κ3) is 1.77. The van der Waals surface area contributed by atoms with Crippen molar-refractivity contribution in [3.63, 3.8) is 0 Å². The molecule has 0 saturated carbocycles. The summed E-state index contributed by atoms with van der Waals surface area (Å²) in [7, 11) is 6.80. The van der Waals surface area contributed by atoms with E-state index in [-0.39, 0.29) is 11.6 Å². The number of benzene rings is 1. The smallest absolute Gasteiger partial charge is 0.328 e. The lowest BCUT2D eigenvalue weighted by Crippen LogP contribution is -2.22. The SMILES string of the molecule is CN(C)C(=O)c1cc2c(cc1Br)n(C)c(=O)n2C. The van der Waals surface area contributed by atoms with Gasteiger partial charge in [-0.25, -0.2) is 4.79 Å². The van der Waals surface area contributed by atoms with Crippen LogP contribution in [0.2, 0.25) is 0 Å². The van der Waals surface area contributed by atoms with E-state index in [1.165, 1.54) is 9.47 Å². The third-order valence-corrected chi connectivity index (χ3v) is 3.65. The molecule has 0 bridgehead atoms. The Labute approximate surface area is 113 Å². The number of nitrogens with zero attached hydrogens (tertiary/aromatic N) is 3. The number of halogens is 1. The van der Waals surface area contributed by atoms with Crippen LogP contribution in [0, 0.1) is 0 Å². The molecule has 1 aromatic heterocycles. The summed E-state index contributed by atoms with van der Waals surface area (Å²) >= 11 is 3.38. The number of imidazole rings is 1. The Kier molecular flexibility index (Phi) is 3.06. The highest BCUT2D eigenvalue weighted by atomic mass is 79.9. The highest BCUT2D eigenvalue weighted by molar-refractivity contribution is 9.10. The molecule has 2 rings (SSSR count). The molecular formula is C12H14BrN3O2. The molecule has 0 aliphatic carbocycles. The first kappa shape index (κ1) is 12.9. The lowest BCUT2D eigenvalue weighted by atomic mass is 10.2. The summed E-state index contributed by atoms with van der Waals surface area (Å²) in [4.78, 5) is 25.4. The van der Waals surface area contributed by atoms with Gasteiger partial charge in [0.25, 0.3) is 5.91 Å². The fourth-order valence-electron chi connectivity index (χ4n) is 1.92. The van der Waals surface area contributed by atoms with Crippen molar-refractivity contribution in [3.05, 3.63) is 32.7 Å². The zero-order valence-electron chi connectivity index (χ0n) is 10.7. The molecule has 1 heterocycles. The second-order valence-corrected chi connectivity index (χ2v) is 5.28. The van der Waals surface area contributed by atoms with Crippen LogP contribution in [0.1, 0.15) is 10.4 Å². The van der Waals surface area contributed by atoms with Crippen LogP contribution in [0.3, 0.4) is 0 Å². The summed E-state index contributed by atoms with van der Waals surface area (Å²) in [5.41, 5.74) is 1.99. The average molecular weight is 312 g/mol. The molecule has 0 N–H and O–H groups in total. The minimum Gasteiger partial charge on any atom is -0.345 e. The van der Waals surface area contributed by atoms with Gasteiger partial charge in [0.05, 0.1) is 16.6 Å². The number of hydrogen-bond donors (Lipinski definition) is 0. The first-order valence-corrected chi connectivity index (χ1v) is 6.20. The monoisotopic (exact) mass is 311 g/mol. The summed E-state index contributed by atoms with van der Waals surface area (Å²) in [5.74, 6) is -0.0972. The zero-order valence-corrected chi connectivity index (χ0v) is 12.3. The van der Waals surface area contributed by atoms with Gasteiger partial charge in [0.2, 0.25) is 0 Å². The average Bonchev–Trinajstić information content (AvgIpc) is 2.53. The number of fused-ring (bicyclic) bond motifs is 1. The molecule has 1 aromatic carbocycles. The molecule has 0 saturated heterocycles. The van der Waals surface area contributed by atoms with Crippen LogP contribution in [0.15, 0.2) is 21.4 Å². The second kappa shape index (κ2) is 4.28. The molecule has 2 aromatic rings. The van der Waals surface area contributed by atoms with E-state index in [1.807, 2.05) is 0 Å². The van der Waals surface area contributed by atoms with Gasteiger partial charge in [0, 0.05) is 32.7 Å². The van der Waals surface area contributed by atoms with Crippen LogP contribution < -0.4 is 5.69 Å².